The number of hydrogen-bond donors (Lipinski definition) is 1. The molecule has 0 radical (unpaired) electrons. The highest BCUT2D eigenvalue weighted by Crippen LogP contribution is 2.14. The molecule has 108 valence electrons. The van der Waals surface area contributed by atoms with E-state index in [0.717, 1.165) is 49.5 Å². The van der Waals surface area contributed by atoms with Gasteiger partial charge in [0.15, 0.2) is 5.17 Å². The van der Waals surface area contributed by atoms with Crippen LogP contribution < -0.4 is 10.5 Å². The lowest BCUT2D eigenvalue weighted by atomic mass is 10.2. The summed E-state index contributed by atoms with van der Waals surface area (Å²) in [5, 5.41) is 8.55. The Kier molecular flexibility index (Phi) is 5.92. The van der Waals surface area contributed by atoms with Crippen molar-refractivity contribution in [2.75, 3.05) is 12.4 Å². The first-order chi connectivity index (χ1) is 9.78. The van der Waals surface area contributed by atoms with Crippen molar-refractivity contribution in [3.8, 4) is 5.75 Å². The standard InChI is InChI=1S/C15H21N3OS/c1-2-12-6-8-14(9-7-12)19-10-4-3-5-13-11-20-15(16)18-17-13/h6-9H,2-5,10-11H2,1H3,(H2,16,18). The predicted octanol–water partition coefficient (Wildman–Crippen LogP) is 3.22. The fraction of sp³-hybridized carbons (Fsp3) is 0.467. The number of amidine groups is 1. The minimum Gasteiger partial charge on any atom is -0.494 e. The van der Waals surface area contributed by atoms with Crippen molar-refractivity contribution >= 4 is 22.6 Å². The van der Waals surface area contributed by atoms with Gasteiger partial charge in [-0.15, -0.1) is 5.10 Å². The number of unbranched alkanes of at least 4 members (excludes halogenated alkanes) is 1. The molecule has 1 aliphatic heterocycles. The Bertz CT molecular complexity index is 482. The minimum absolute atomic E-state index is 0.563. The van der Waals surface area contributed by atoms with Crippen molar-refractivity contribution < 1.29 is 4.74 Å². The zero-order chi connectivity index (χ0) is 14.2. The van der Waals surface area contributed by atoms with Gasteiger partial charge in [0.05, 0.1) is 12.3 Å². The second-order valence-corrected chi connectivity index (χ2v) is 5.69. The molecular weight excluding hydrogens is 270 g/mol. The summed E-state index contributed by atoms with van der Waals surface area (Å²) in [5.41, 5.74) is 8.00. The molecule has 4 nitrogen and oxygen atoms in total. The summed E-state index contributed by atoms with van der Waals surface area (Å²) in [4.78, 5) is 0. The van der Waals surface area contributed by atoms with Gasteiger partial charge in [0.1, 0.15) is 5.75 Å². The van der Waals surface area contributed by atoms with E-state index in [1.165, 1.54) is 5.56 Å². The van der Waals surface area contributed by atoms with E-state index < -0.39 is 0 Å². The van der Waals surface area contributed by atoms with Crippen molar-refractivity contribution in [3.63, 3.8) is 0 Å². The van der Waals surface area contributed by atoms with E-state index in [1.54, 1.807) is 11.8 Å². The van der Waals surface area contributed by atoms with Crippen LogP contribution in [0.2, 0.25) is 0 Å². The number of nitrogens with zero attached hydrogens (tertiary/aromatic N) is 2. The topological polar surface area (TPSA) is 60.0 Å². The van der Waals surface area contributed by atoms with Gasteiger partial charge in [-0.05, 0) is 43.4 Å². The van der Waals surface area contributed by atoms with Crippen LogP contribution in [0.1, 0.15) is 31.7 Å². The normalized spacial score (nSPS) is 14.7. The van der Waals surface area contributed by atoms with Gasteiger partial charge in [-0.2, -0.15) is 5.10 Å². The van der Waals surface area contributed by atoms with Crippen LogP contribution in [0.25, 0.3) is 0 Å². The van der Waals surface area contributed by atoms with E-state index in [-0.39, 0.29) is 0 Å². The van der Waals surface area contributed by atoms with Crippen LogP contribution in [0.5, 0.6) is 5.75 Å². The summed E-state index contributed by atoms with van der Waals surface area (Å²) < 4.78 is 5.72. The summed E-state index contributed by atoms with van der Waals surface area (Å²) in [7, 11) is 0. The first-order valence-electron chi connectivity index (χ1n) is 7.01. The maximum absolute atomic E-state index is 5.72. The monoisotopic (exact) mass is 291 g/mol. The first-order valence-corrected chi connectivity index (χ1v) is 8.00. The van der Waals surface area contributed by atoms with E-state index in [0.29, 0.717) is 5.17 Å². The molecule has 0 aromatic heterocycles. The van der Waals surface area contributed by atoms with Gasteiger partial charge in [0.25, 0.3) is 0 Å². The Balaban J connectivity index is 1.61. The molecule has 1 heterocycles. The first kappa shape index (κ1) is 14.9. The fourth-order valence-electron chi connectivity index (χ4n) is 1.90. The molecule has 20 heavy (non-hydrogen) atoms. The van der Waals surface area contributed by atoms with Crippen LogP contribution >= 0.6 is 11.8 Å². The highest BCUT2D eigenvalue weighted by atomic mass is 32.2. The molecule has 0 amide bonds. The molecule has 2 rings (SSSR count). The lowest BCUT2D eigenvalue weighted by Gasteiger charge is -2.09. The average Bonchev–Trinajstić information content (AvgIpc) is 2.49. The molecule has 0 aliphatic carbocycles. The molecule has 2 N–H and O–H groups in total. The Morgan fingerprint density at radius 1 is 1.20 bits per heavy atom. The molecule has 0 atom stereocenters. The Morgan fingerprint density at radius 3 is 2.65 bits per heavy atom. The smallest absolute Gasteiger partial charge is 0.180 e. The molecule has 1 aromatic carbocycles. The van der Waals surface area contributed by atoms with E-state index in [2.05, 4.69) is 29.3 Å². The van der Waals surface area contributed by atoms with Gasteiger partial charge in [-0.25, -0.2) is 0 Å². The molecule has 0 fully saturated rings. The zero-order valence-electron chi connectivity index (χ0n) is 11.8. The van der Waals surface area contributed by atoms with E-state index in [1.807, 2.05) is 12.1 Å². The molecule has 0 saturated carbocycles. The second-order valence-electron chi connectivity index (χ2n) is 4.70. The number of aryl methyl sites for hydroxylation is 1. The lowest BCUT2D eigenvalue weighted by Crippen LogP contribution is -2.15. The summed E-state index contributed by atoms with van der Waals surface area (Å²) in [6.45, 7) is 2.90. The predicted molar refractivity (Wildman–Crippen MR) is 86.7 cm³/mol. The van der Waals surface area contributed by atoms with Crippen molar-refractivity contribution in [2.45, 2.75) is 32.6 Å². The number of ether oxygens (including phenoxy) is 1. The SMILES string of the molecule is CCc1ccc(OCCCCC2=NN=C(N)SC2)cc1. The van der Waals surface area contributed by atoms with Crippen molar-refractivity contribution in [2.24, 2.45) is 15.9 Å². The third-order valence-electron chi connectivity index (χ3n) is 3.14. The van der Waals surface area contributed by atoms with Gasteiger partial charge in [0.2, 0.25) is 0 Å². The largest absolute Gasteiger partial charge is 0.494 e. The highest BCUT2D eigenvalue weighted by molar-refractivity contribution is 8.14. The average molecular weight is 291 g/mol. The third kappa shape index (κ3) is 4.89. The van der Waals surface area contributed by atoms with Crippen LogP contribution in [0.3, 0.4) is 0 Å². The number of nitrogens with two attached hydrogens (primary N) is 1. The molecule has 5 heteroatoms. The summed E-state index contributed by atoms with van der Waals surface area (Å²) >= 11 is 1.56. The van der Waals surface area contributed by atoms with Crippen LogP contribution in [0, 0.1) is 0 Å². The fourth-order valence-corrected chi connectivity index (χ4v) is 2.51. The quantitative estimate of drug-likeness (QED) is 0.785. The van der Waals surface area contributed by atoms with Gasteiger partial charge in [-0.3, -0.25) is 0 Å². The number of hydrogen-bond acceptors (Lipinski definition) is 5. The number of benzene rings is 1. The minimum atomic E-state index is 0.563. The van der Waals surface area contributed by atoms with Gasteiger partial charge >= 0.3 is 0 Å². The molecular formula is C15H21N3OS. The van der Waals surface area contributed by atoms with Gasteiger partial charge < -0.3 is 10.5 Å². The summed E-state index contributed by atoms with van der Waals surface area (Å²) in [6.07, 6.45) is 4.13. The molecule has 1 aliphatic rings. The number of thioether (sulfide) groups is 1. The van der Waals surface area contributed by atoms with Crippen molar-refractivity contribution in [1.29, 1.82) is 0 Å². The van der Waals surface area contributed by atoms with Gasteiger partial charge in [-0.1, -0.05) is 30.8 Å². The maximum Gasteiger partial charge on any atom is 0.180 e. The van der Waals surface area contributed by atoms with Crippen LogP contribution in [0.15, 0.2) is 34.5 Å². The Hall–Kier alpha value is -1.49. The molecule has 1 aromatic rings. The van der Waals surface area contributed by atoms with Crippen molar-refractivity contribution in [1.82, 2.24) is 0 Å². The van der Waals surface area contributed by atoms with Crippen LogP contribution in [0.4, 0.5) is 0 Å². The zero-order valence-corrected chi connectivity index (χ0v) is 12.7. The van der Waals surface area contributed by atoms with Crippen LogP contribution in [-0.4, -0.2) is 23.2 Å². The summed E-state index contributed by atoms with van der Waals surface area (Å²) in [5.74, 6) is 1.82. The van der Waals surface area contributed by atoms with E-state index in [4.69, 9.17) is 10.5 Å². The molecule has 0 unspecified atom stereocenters. The van der Waals surface area contributed by atoms with E-state index >= 15 is 0 Å². The Morgan fingerprint density at radius 2 is 2.00 bits per heavy atom. The molecule has 0 spiro atoms. The summed E-state index contributed by atoms with van der Waals surface area (Å²) in [6, 6.07) is 8.31. The van der Waals surface area contributed by atoms with Crippen molar-refractivity contribution in [3.05, 3.63) is 29.8 Å². The highest BCUT2D eigenvalue weighted by Gasteiger charge is 2.07. The Labute approximate surface area is 124 Å². The third-order valence-corrected chi connectivity index (χ3v) is 3.99. The second kappa shape index (κ2) is 7.94. The van der Waals surface area contributed by atoms with Crippen LogP contribution in [-0.2, 0) is 6.42 Å². The molecule has 0 bridgehead atoms. The maximum atomic E-state index is 5.72. The molecule has 0 saturated heterocycles. The van der Waals surface area contributed by atoms with E-state index in [9.17, 15) is 0 Å². The lowest BCUT2D eigenvalue weighted by molar-refractivity contribution is 0.308. The number of rotatable bonds is 7. The van der Waals surface area contributed by atoms with Gasteiger partial charge in [0, 0.05) is 5.75 Å².